The monoisotopic (exact) mass is 362 g/mol. The highest BCUT2D eigenvalue weighted by Gasteiger charge is 2.53. The summed E-state index contributed by atoms with van der Waals surface area (Å²) in [4.78, 5) is 18.2. The van der Waals surface area contributed by atoms with E-state index in [-0.39, 0.29) is 0 Å². The van der Waals surface area contributed by atoms with Crippen LogP contribution >= 0.6 is 0 Å². The number of hydrogen-bond acceptors (Lipinski definition) is 3. The first kappa shape index (κ1) is 20.5. The molecule has 23 heavy (non-hydrogen) atoms. The zero-order chi connectivity index (χ0) is 18.8. The summed E-state index contributed by atoms with van der Waals surface area (Å²) in [6.45, 7) is 0. The minimum atomic E-state index is -5.82. The van der Waals surface area contributed by atoms with Crippen LogP contribution in [0.2, 0.25) is 0 Å². The lowest BCUT2D eigenvalue weighted by Gasteiger charge is -2.12. The lowest BCUT2D eigenvalue weighted by atomic mass is 10.1. The van der Waals surface area contributed by atoms with Gasteiger partial charge in [-0.2, -0.15) is 44.6 Å². The van der Waals surface area contributed by atoms with Crippen LogP contribution in [-0.4, -0.2) is 32.3 Å². The summed E-state index contributed by atoms with van der Waals surface area (Å²) in [7, 11) is 0. The van der Waals surface area contributed by atoms with Crippen LogP contribution in [0.4, 0.5) is 39.5 Å². The molecule has 1 rings (SSSR count). The Morgan fingerprint density at radius 2 is 1.17 bits per heavy atom. The van der Waals surface area contributed by atoms with E-state index in [1.165, 1.54) is 0 Å². The van der Waals surface area contributed by atoms with Crippen molar-refractivity contribution in [3.8, 4) is 0 Å². The number of halogens is 9. The molecule has 0 fully saturated rings. The molecule has 1 aromatic rings. The minimum absolute atomic E-state index is 0.712. The third-order valence-corrected chi connectivity index (χ3v) is 1.78. The number of aliphatic carboxylic acids is 2. The van der Waals surface area contributed by atoms with Gasteiger partial charge in [0, 0.05) is 0 Å². The van der Waals surface area contributed by atoms with Crippen LogP contribution in [0.5, 0.6) is 0 Å². The highest BCUT2D eigenvalue weighted by molar-refractivity contribution is 6.27. The van der Waals surface area contributed by atoms with Crippen LogP contribution in [0.1, 0.15) is 17.0 Å². The fourth-order valence-corrected chi connectivity index (χ4v) is 1.03. The van der Waals surface area contributed by atoms with E-state index >= 15 is 0 Å². The maximum Gasteiger partial charge on any atom is 0.435 e. The molecular weight excluding hydrogens is 359 g/mol. The fraction of sp³-hybridized carbons (Fsp3) is 0.375. The van der Waals surface area contributed by atoms with Gasteiger partial charge in [-0.25, -0.2) is 9.59 Å². The standard InChI is InChI=1S/C6HF9N2.C2H2O4/c7-4(8,9)1-2(5(10,11)12)16-17-3(1)6(13,14)15;3-1(4)2(5)6/h(H,16,17);(H,3,4)(H,5,6). The molecule has 1 aromatic heterocycles. The van der Waals surface area contributed by atoms with E-state index in [0.717, 1.165) is 0 Å². The molecule has 0 aliphatic carbocycles. The molecule has 0 bridgehead atoms. The molecule has 6 nitrogen and oxygen atoms in total. The molecule has 132 valence electrons. The van der Waals surface area contributed by atoms with Crippen molar-refractivity contribution >= 4 is 11.9 Å². The normalized spacial score (nSPS) is 12.4. The number of nitrogens with zero attached hydrogens (tertiary/aromatic N) is 1. The third kappa shape index (κ3) is 5.67. The van der Waals surface area contributed by atoms with Gasteiger partial charge in [-0.05, 0) is 0 Å². The number of carboxylic acids is 2. The number of carboxylic acid groups (broad SMARTS) is 2. The average Bonchev–Trinajstić information content (AvgIpc) is 2.72. The SMILES string of the molecule is FC(F)(F)c1n[nH]c(C(F)(F)F)c1C(F)(F)F.O=C(O)C(=O)O. The summed E-state index contributed by atoms with van der Waals surface area (Å²) in [5.41, 5.74) is -8.08. The molecular formula is C8H3F9N2O4. The van der Waals surface area contributed by atoms with Gasteiger partial charge in [0.25, 0.3) is 0 Å². The highest BCUT2D eigenvalue weighted by Crippen LogP contribution is 2.45. The van der Waals surface area contributed by atoms with Gasteiger partial charge in [0.15, 0.2) is 11.4 Å². The second-order valence-electron chi connectivity index (χ2n) is 3.43. The van der Waals surface area contributed by atoms with Crippen molar-refractivity contribution in [2.75, 3.05) is 0 Å². The first-order valence-electron chi connectivity index (χ1n) is 4.75. The van der Waals surface area contributed by atoms with Gasteiger partial charge in [-0.3, -0.25) is 5.10 Å². The van der Waals surface area contributed by atoms with Crippen LogP contribution in [0, 0.1) is 0 Å². The molecule has 0 radical (unpaired) electrons. The molecule has 0 saturated heterocycles. The number of nitrogens with one attached hydrogen (secondary N) is 1. The van der Waals surface area contributed by atoms with E-state index in [1.807, 2.05) is 5.10 Å². The lowest BCUT2D eigenvalue weighted by molar-refractivity contribution is -0.174. The van der Waals surface area contributed by atoms with Crippen LogP contribution < -0.4 is 0 Å². The topological polar surface area (TPSA) is 103 Å². The van der Waals surface area contributed by atoms with Crippen molar-refractivity contribution in [3.63, 3.8) is 0 Å². The predicted octanol–water partition coefficient (Wildman–Crippen LogP) is 2.62. The maximum absolute atomic E-state index is 12.1. The van der Waals surface area contributed by atoms with E-state index in [4.69, 9.17) is 19.8 Å². The Balaban J connectivity index is 0.000000688. The molecule has 0 unspecified atom stereocenters. The van der Waals surface area contributed by atoms with Gasteiger partial charge in [0.1, 0.15) is 5.56 Å². The number of carbonyl (C=O) groups is 2. The van der Waals surface area contributed by atoms with Gasteiger partial charge in [-0.1, -0.05) is 0 Å². The van der Waals surface area contributed by atoms with E-state index in [0.29, 0.717) is 5.10 Å². The number of aromatic amines is 1. The highest BCUT2D eigenvalue weighted by atomic mass is 19.4. The Kier molecular flexibility index (Phi) is 5.65. The van der Waals surface area contributed by atoms with Gasteiger partial charge in [0.2, 0.25) is 0 Å². The second-order valence-corrected chi connectivity index (χ2v) is 3.43. The van der Waals surface area contributed by atoms with Crippen LogP contribution in [0.25, 0.3) is 0 Å². The second kappa shape index (κ2) is 6.33. The average molecular weight is 362 g/mol. The van der Waals surface area contributed by atoms with Gasteiger partial charge >= 0.3 is 30.5 Å². The van der Waals surface area contributed by atoms with E-state index in [9.17, 15) is 39.5 Å². The van der Waals surface area contributed by atoms with Crippen LogP contribution in [0.3, 0.4) is 0 Å². The quantitative estimate of drug-likeness (QED) is 0.486. The summed E-state index contributed by atoms with van der Waals surface area (Å²) in [6, 6.07) is 0. The van der Waals surface area contributed by atoms with Crippen molar-refractivity contribution in [3.05, 3.63) is 17.0 Å². The van der Waals surface area contributed by atoms with Crippen molar-refractivity contribution in [2.45, 2.75) is 18.5 Å². The number of alkyl halides is 9. The largest absolute Gasteiger partial charge is 0.473 e. The molecule has 0 amide bonds. The van der Waals surface area contributed by atoms with Gasteiger partial charge in [0.05, 0.1) is 0 Å². The molecule has 0 aliphatic rings. The summed E-state index contributed by atoms with van der Waals surface area (Å²) in [6.07, 6.45) is -17.1. The molecule has 0 aromatic carbocycles. The predicted molar refractivity (Wildman–Crippen MR) is 48.9 cm³/mol. The summed E-state index contributed by atoms with van der Waals surface area (Å²) < 4.78 is 109. The zero-order valence-corrected chi connectivity index (χ0v) is 10.1. The third-order valence-electron chi connectivity index (χ3n) is 1.78. The smallest absolute Gasteiger partial charge is 0.435 e. The van der Waals surface area contributed by atoms with Crippen molar-refractivity contribution < 1.29 is 59.3 Å². The Bertz CT molecular complexity index is 540. The summed E-state index contributed by atoms with van der Waals surface area (Å²) >= 11 is 0. The maximum atomic E-state index is 12.1. The Hall–Kier alpha value is -2.48. The first-order chi connectivity index (χ1) is 9.99. The Morgan fingerprint density at radius 3 is 1.39 bits per heavy atom. The molecule has 1 heterocycles. The first-order valence-corrected chi connectivity index (χ1v) is 4.75. The number of aromatic nitrogens is 2. The Labute approximate surface area is 118 Å². The van der Waals surface area contributed by atoms with Crippen LogP contribution in [0.15, 0.2) is 0 Å². The summed E-state index contributed by atoms with van der Waals surface area (Å²) in [5.74, 6) is -3.65. The van der Waals surface area contributed by atoms with Crippen molar-refractivity contribution in [1.82, 2.24) is 10.2 Å². The number of rotatable bonds is 0. The van der Waals surface area contributed by atoms with E-state index < -0.39 is 47.4 Å². The van der Waals surface area contributed by atoms with Gasteiger partial charge in [-0.15, -0.1) is 0 Å². The molecule has 15 heteroatoms. The molecule has 0 atom stereocenters. The molecule has 3 N–H and O–H groups in total. The van der Waals surface area contributed by atoms with Crippen molar-refractivity contribution in [2.24, 2.45) is 0 Å². The van der Waals surface area contributed by atoms with E-state index in [2.05, 4.69) is 0 Å². The lowest BCUT2D eigenvalue weighted by Crippen LogP contribution is -2.20. The number of H-pyrrole nitrogens is 1. The minimum Gasteiger partial charge on any atom is -0.473 e. The summed E-state index contributed by atoms with van der Waals surface area (Å²) in [5, 5.41) is 17.5. The van der Waals surface area contributed by atoms with Crippen molar-refractivity contribution in [1.29, 1.82) is 0 Å². The fourth-order valence-electron chi connectivity index (χ4n) is 1.03. The zero-order valence-electron chi connectivity index (χ0n) is 10.1. The molecule has 0 spiro atoms. The molecule has 0 saturated carbocycles. The Morgan fingerprint density at radius 1 is 0.783 bits per heavy atom. The van der Waals surface area contributed by atoms with Crippen LogP contribution in [-0.2, 0) is 28.1 Å². The molecule has 0 aliphatic heterocycles. The van der Waals surface area contributed by atoms with Gasteiger partial charge < -0.3 is 10.2 Å². The van der Waals surface area contributed by atoms with E-state index in [1.54, 1.807) is 0 Å². The number of hydrogen-bond donors (Lipinski definition) is 3.